The highest BCUT2D eigenvalue weighted by molar-refractivity contribution is 14.0. The number of oxazole rings is 1. The Labute approximate surface area is 193 Å². The van der Waals surface area contributed by atoms with Crippen molar-refractivity contribution in [3.05, 3.63) is 71.4 Å². The zero-order valence-electron chi connectivity index (χ0n) is 17.2. The van der Waals surface area contributed by atoms with Gasteiger partial charge < -0.3 is 19.8 Å². The van der Waals surface area contributed by atoms with E-state index in [1.807, 2.05) is 19.1 Å². The van der Waals surface area contributed by atoms with Crippen LogP contribution in [0, 0.1) is 12.7 Å². The van der Waals surface area contributed by atoms with Gasteiger partial charge in [-0.05, 0) is 42.8 Å². The molecular weight excluding hydrogens is 498 g/mol. The van der Waals surface area contributed by atoms with Crippen LogP contribution in [0.4, 0.5) is 4.39 Å². The molecule has 0 aliphatic heterocycles. The van der Waals surface area contributed by atoms with E-state index in [0.717, 1.165) is 28.1 Å². The third-order valence-electron chi connectivity index (χ3n) is 4.43. The Balaban J connectivity index is 0.00000320. The van der Waals surface area contributed by atoms with E-state index in [2.05, 4.69) is 26.7 Å². The first-order chi connectivity index (χ1) is 14.1. The van der Waals surface area contributed by atoms with Gasteiger partial charge in [-0.25, -0.2) is 9.37 Å². The molecule has 160 valence electrons. The number of hydrogen-bond acceptors (Lipinski definition) is 4. The number of hydrogen-bond donors (Lipinski definition) is 2. The number of halogens is 2. The van der Waals surface area contributed by atoms with Gasteiger partial charge in [0.05, 0.1) is 12.8 Å². The van der Waals surface area contributed by atoms with E-state index in [1.54, 1.807) is 32.6 Å². The fraction of sp³-hybridized carbons (Fsp3) is 0.273. The van der Waals surface area contributed by atoms with Crippen molar-refractivity contribution < 1.29 is 13.5 Å². The molecule has 0 fully saturated rings. The van der Waals surface area contributed by atoms with Crippen LogP contribution < -0.4 is 15.4 Å². The summed E-state index contributed by atoms with van der Waals surface area (Å²) in [4.78, 5) is 8.69. The first-order valence-electron chi connectivity index (χ1n) is 9.37. The lowest BCUT2D eigenvalue weighted by Gasteiger charge is -2.14. The molecule has 0 saturated heterocycles. The predicted octanol–water partition coefficient (Wildman–Crippen LogP) is 4.32. The zero-order valence-corrected chi connectivity index (χ0v) is 19.6. The van der Waals surface area contributed by atoms with E-state index in [4.69, 9.17) is 9.15 Å². The van der Waals surface area contributed by atoms with E-state index in [1.165, 1.54) is 12.1 Å². The summed E-state index contributed by atoms with van der Waals surface area (Å²) in [6, 6.07) is 12.2. The third kappa shape index (κ3) is 6.45. The Bertz CT molecular complexity index is 974. The monoisotopic (exact) mass is 524 g/mol. The van der Waals surface area contributed by atoms with Crippen LogP contribution in [0.3, 0.4) is 0 Å². The van der Waals surface area contributed by atoms with Gasteiger partial charge in [0.15, 0.2) is 5.96 Å². The van der Waals surface area contributed by atoms with Crippen molar-refractivity contribution in [1.82, 2.24) is 15.6 Å². The lowest BCUT2D eigenvalue weighted by molar-refractivity contribution is 0.408. The molecule has 0 aliphatic rings. The normalized spacial score (nSPS) is 11.0. The Morgan fingerprint density at radius 2 is 1.93 bits per heavy atom. The van der Waals surface area contributed by atoms with E-state index in [-0.39, 0.29) is 29.8 Å². The van der Waals surface area contributed by atoms with Crippen molar-refractivity contribution in [3.63, 3.8) is 0 Å². The maximum Gasteiger partial charge on any atom is 0.226 e. The molecule has 0 saturated carbocycles. The topological polar surface area (TPSA) is 71.7 Å². The van der Waals surface area contributed by atoms with Crippen molar-refractivity contribution in [2.45, 2.75) is 19.9 Å². The zero-order chi connectivity index (χ0) is 20.6. The molecule has 3 aromatic rings. The minimum atomic E-state index is -0.285. The summed E-state index contributed by atoms with van der Waals surface area (Å²) in [6.45, 7) is 3.27. The van der Waals surface area contributed by atoms with E-state index >= 15 is 0 Å². The Hall–Kier alpha value is -2.62. The second kappa shape index (κ2) is 11.5. The molecule has 0 aliphatic carbocycles. The number of rotatable bonds is 7. The lowest BCUT2D eigenvalue weighted by atomic mass is 10.1. The number of ether oxygens (including phenoxy) is 1. The Morgan fingerprint density at radius 3 is 2.63 bits per heavy atom. The number of benzene rings is 2. The number of aliphatic imine (C=N–C) groups is 1. The molecule has 6 nitrogen and oxygen atoms in total. The smallest absolute Gasteiger partial charge is 0.226 e. The fourth-order valence-electron chi connectivity index (χ4n) is 2.85. The maximum atomic E-state index is 13.0. The summed E-state index contributed by atoms with van der Waals surface area (Å²) in [7, 11) is 3.40. The lowest BCUT2D eigenvalue weighted by Crippen LogP contribution is -2.37. The van der Waals surface area contributed by atoms with Crippen molar-refractivity contribution in [2.24, 2.45) is 4.99 Å². The van der Waals surface area contributed by atoms with Crippen molar-refractivity contribution in [2.75, 3.05) is 20.7 Å². The molecule has 0 unspecified atom stereocenters. The average molecular weight is 524 g/mol. The first-order valence-corrected chi connectivity index (χ1v) is 9.37. The summed E-state index contributed by atoms with van der Waals surface area (Å²) >= 11 is 0. The minimum Gasteiger partial charge on any atom is -0.496 e. The van der Waals surface area contributed by atoms with Gasteiger partial charge in [-0.1, -0.05) is 12.1 Å². The van der Waals surface area contributed by atoms with Crippen LogP contribution in [0.5, 0.6) is 5.75 Å². The number of nitrogens with one attached hydrogen (secondary N) is 2. The number of aryl methyl sites for hydroxylation is 1. The minimum absolute atomic E-state index is 0. The molecule has 0 bridgehead atoms. The SMILES string of the molecule is CN=C(NCCc1coc(-c2ccc(F)cc2)n1)NCc1ccc(C)cc1OC.I. The fourth-order valence-corrected chi connectivity index (χ4v) is 2.85. The number of aromatic nitrogens is 1. The second-order valence-electron chi connectivity index (χ2n) is 6.57. The quantitative estimate of drug-likeness (QED) is 0.274. The summed E-state index contributed by atoms with van der Waals surface area (Å²) in [5.74, 6) is 1.74. The van der Waals surface area contributed by atoms with Gasteiger partial charge in [-0.3, -0.25) is 4.99 Å². The molecule has 1 heterocycles. The summed E-state index contributed by atoms with van der Waals surface area (Å²) in [5.41, 5.74) is 3.77. The van der Waals surface area contributed by atoms with Crippen molar-refractivity contribution in [3.8, 4) is 17.2 Å². The van der Waals surface area contributed by atoms with Crippen molar-refractivity contribution >= 4 is 29.9 Å². The first kappa shape index (κ1) is 23.7. The Morgan fingerprint density at radius 1 is 1.17 bits per heavy atom. The van der Waals surface area contributed by atoms with Crippen LogP contribution in [0.15, 0.2) is 58.1 Å². The van der Waals surface area contributed by atoms with E-state index in [9.17, 15) is 4.39 Å². The number of methoxy groups -OCH3 is 1. The van der Waals surface area contributed by atoms with Crippen LogP contribution in [-0.2, 0) is 13.0 Å². The second-order valence-corrected chi connectivity index (χ2v) is 6.57. The van der Waals surface area contributed by atoms with Gasteiger partial charge in [0.2, 0.25) is 5.89 Å². The molecule has 1 aromatic heterocycles. The molecular formula is C22H26FIN4O2. The highest BCUT2D eigenvalue weighted by Gasteiger charge is 2.08. The van der Waals surface area contributed by atoms with E-state index < -0.39 is 0 Å². The molecule has 2 N–H and O–H groups in total. The molecule has 30 heavy (non-hydrogen) atoms. The number of guanidine groups is 1. The van der Waals surface area contributed by atoms with Crippen LogP contribution >= 0.6 is 24.0 Å². The highest BCUT2D eigenvalue weighted by atomic mass is 127. The summed E-state index contributed by atoms with van der Waals surface area (Å²) in [5, 5.41) is 6.54. The van der Waals surface area contributed by atoms with Crippen LogP contribution in [0.25, 0.3) is 11.5 Å². The molecule has 8 heteroatoms. The van der Waals surface area contributed by atoms with E-state index in [0.29, 0.717) is 31.4 Å². The standard InChI is InChI=1S/C22H25FN4O2.HI/c1-15-4-5-17(20(12-15)28-3)13-26-22(24-2)25-11-10-19-14-29-21(27-19)16-6-8-18(23)9-7-16;/h4-9,12,14H,10-11,13H2,1-3H3,(H2,24,25,26);1H. The third-order valence-corrected chi connectivity index (χ3v) is 4.43. The largest absolute Gasteiger partial charge is 0.496 e. The van der Waals surface area contributed by atoms with Gasteiger partial charge in [-0.15, -0.1) is 24.0 Å². The van der Waals surface area contributed by atoms with Gasteiger partial charge in [0, 0.05) is 37.7 Å². The van der Waals surface area contributed by atoms with Crippen molar-refractivity contribution in [1.29, 1.82) is 0 Å². The molecule has 0 spiro atoms. The van der Waals surface area contributed by atoms with Crippen LogP contribution in [0.1, 0.15) is 16.8 Å². The predicted molar refractivity (Wildman–Crippen MR) is 127 cm³/mol. The average Bonchev–Trinajstić information content (AvgIpc) is 3.20. The summed E-state index contributed by atoms with van der Waals surface area (Å²) in [6.07, 6.45) is 2.28. The molecule has 2 aromatic carbocycles. The molecule has 0 radical (unpaired) electrons. The number of nitrogens with zero attached hydrogens (tertiary/aromatic N) is 2. The Kier molecular flexibility index (Phi) is 9.10. The van der Waals surface area contributed by atoms with Gasteiger partial charge in [0.25, 0.3) is 0 Å². The molecule has 0 amide bonds. The highest BCUT2D eigenvalue weighted by Crippen LogP contribution is 2.20. The van der Waals surface area contributed by atoms with Crippen LogP contribution in [-0.4, -0.2) is 31.6 Å². The summed E-state index contributed by atoms with van der Waals surface area (Å²) < 4.78 is 24.0. The van der Waals surface area contributed by atoms with Gasteiger partial charge in [-0.2, -0.15) is 0 Å². The van der Waals surface area contributed by atoms with Crippen LogP contribution in [0.2, 0.25) is 0 Å². The maximum absolute atomic E-state index is 13.0. The molecule has 0 atom stereocenters. The van der Waals surface area contributed by atoms with Gasteiger partial charge in [0.1, 0.15) is 17.8 Å². The van der Waals surface area contributed by atoms with Gasteiger partial charge >= 0.3 is 0 Å². The molecule has 3 rings (SSSR count).